The molecule has 8 nitrogen and oxygen atoms in total. The van der Waals surface area contributed by atoms with Gasteiger partial charge in [0.2, 0.25) is 10.0 Å². The molecule has 1 aromatic carbocycles. The molecule has 150 valence electrons. The second kappa shape index (κ2) is 6.59. The molecule has 0 amide bonds. The van der Waals surface area contributed by atoms with E-state index in [1.807, 2.05) is 32.0 Å². The van der Waals surface area contributed by atoms with Gasteiger partial charge >= 0.3 is 0 Å². The van der Waals surface area contributed by atoms with Gasteiger partial charge in [0.25, 0.3) is 5.91 Å². The van der Waals surface area contributed by atoms with Crippen molar-refractivity contribution in [3.05, 3.63) is 40.6 Å². The lowest BCUT2D eigenvalue weighted by atomic mass is 9.88. The molecule has 4 rings (SSSR count). The van der Waals surface area contributed by atoms with Gasteiger partial charge in [0.1, 0.15) is 5.82 Å². The van der Waals surface area contributed by atoms with Crippen LogP contribution in [0.15, 0.2) is 18.2 Å². The van der Waals surface area contributed by atoms with E-state index in [4.69, 9.17) is 5.73 Å². The maximum Gasteiger partial charge on any atom is 0.256 e. The summed E-state index contributed by atoms with van der Waals surface area (Å²) in [7, 11) is -3.35. The molecule has 0 radical (unpaired) electrons. The van der Waals surface area contributed by atoms with Crippen LogP contribution in [-0.4, -0.2) is 47.8 Å². The van der Waals surface area contributed by atoms with Crippen molar-refractivity contribution in [1.82, 2.24) is 14.1 Å². The Labute approximate surface area is 164 Å². The predicted molar refractivity (Wildman–Crippen MR) is 108 cm³/mol. The maximum atomic E-state index is 13.4. The van der Waals surface area contributed by atoms with E-state index >= 15 is 0 Å². The van der Waals surface area contributed by atoms with Crippen molar-refractivity contribution < 1.29 is 13.2 Å². The van der Waals surface area contributed by atoms with Crippen molar-refractivity contribution in [3.63, 3.8) is 0 Å². The van der Waals surface area contributed by atoms with E-state index in [2.05, 4.69) is 10.4 Å². The number of hydrogen-bond acceptors (Lipinski definition) is 6. The number of carbonyl (C=O) groups is 1. The second-order valence-corrected chi connectivity index (χ2v) is 9.75. The number of rotatable bonds is 2. The maximum absolute atomic E-state index is 13.4. The largest absolute Gasteiger partial charge is 0.385 e. The number of aryl methyl sites for hydroxylation is 1. The van der Waals surface area contributed by atoms with E-state index in [0.717, 1.165) is 16.8 Å². The van der Waals surface area contributed by atoms with Crippen molar-refractivity contribution in [3.8, 4) is 0 Å². The highest BCUT2D eigenvalue weighted by Crippen LogP contribution is 2.37. The summed E-state index contributed by atoms with van der Waals surface area (Å²) in [5.41, 5.74) is 10.7. The van der Waals surface area contributed by atoms with Gasteiger partial charge in [-0.2, -0.15) is 14.1 Å². The van der Waals surface area contributed by atoms with Crippen LogP contribution in [0.3, 0.4) is 0 Å². The van der Waals surface area contributed by atoms with Gasteiger partial charge in [-0.25, -0.2) is 8.42 Å². The molecule has 2 unspecified atom stereocenters. The lowest BCUT2D eigenvalue weighted by Crippen LogP contribution is -2.36. The van der Waals surface area contributed by atoms with Crippen LogP contribution < -0.4 is 11.1 Å². The molecule has 2 aromatic rings. The molecular weight excluding hydrogens is 378 g/mol. The SMILES string of the molecule is Cc1cccc2c1NCCC2C(=O)n1nc2c(c1N)CN(S(C)(=O)=O)CC2C. The molecule has 2 aliphatic heterocycles. The van der Waals surface area contributed by atoms with E-state index in [9.17, 15) is 13.2 Å². The summed E-state index contributed by atoms with van der Waals surface area (Å²) in [6, 6.07) is 5.93. The zero-order chi connectivity index (χ0) is 20.2. The number of para-hydroxylation sites is 1. The van der Waals surface area contributed by atoms with Gasteiger partial charge in [0.15, 0.2) is 0 Å². The van der Waals surface area contributed by atoms with E-state index in [1.54, 1.807) is 0 Å². The number of anilines is 2. The normalized spacial score (nSPS) is 22.2. The van der Waals surface area contributed by atoms with E-state index < -0.39 is 10.0 Å². The second-order valence-electron chi connectivity index (χ2n) is 7.76. The Morgan fingerprint density at radius 3 is 2.82 bits per heavy atom. The fourth-order valence-electron chi connectivity index (χ4n) is 4.22. The number of fused-ring (bicyclic) bond motifs is 2. The average Bonchev–Trinajstić information content (AvgIpc) is 2.98. The van der Waals surface area contributed by atoms with Gasteiger partial charge < -0.3 is 11.1 Å². The highest BCUT2D eigenvalue weighted by molar-refractivity contribution is 7.88. The smallest absolute Gasteiger partial charge is 0.256 e. The number of carbonyl (C=O) groups excluding carboxylic acids is 1. The highest BCUT2D eigenvalue weighted by Gasteiger charge is 2.36. The van der Waals surface area contributed by atoms with Crippen LogP contribution in [0.25, 0.3) is 0 Å². The minimum atomic E-state index is -3.35. The first-order valence-electron chi connectivity index (χ1n) is 9.38. The van der Waals surface area contributed by atoms with Gasteiger partial charge in [0, 0.05) is 36.8 Å². The van der Waals surface area contributed by atoms with E-state index in [0.29, 0.717) is 30.8 Å². The minimum Gasteiger partial charge on any atom is -0.385 e. The molecule has 1 aromatic heterocycles. The van der Waals surface area contributed by atoms with Crippen LogP contribution in [0.2, 0.25) is 0 Å². The van der Waals surface area contributed by atoms with E-state index in [1.165, 1.54) is 15.2 Å². The van der Waals surface area contributed by atoms with Gasteiger partial charge in [-0.15, -0.1) is 0 Å². The third kappa shape index (κ3) is 2.98. The quantitative estimate of drug-likeness (QED) is 0.792. The van der Waals surface area contributed by atoms with Gasteiger partial charge in [-0.1, -0.05) is 25.1 Å². The molecule has 0 fully saturated rings. The Kier molecular flexibility index (Phi) is 4.46. The molecular formula is C19H25N5O3S. The molecule has 0 saturated heterocycles. The lowest BCUT2D eigenvalue weighted by molar-refractivity contribution is 0.0859. The van der Waals surface area contributed by atoms with Crippen molar-refractivity contribution in [2.75, 3.05) is 30.4 Å². The fraction of sp³-hybridized carbons (Fsp3) is 0.474. The number of nitrogens with two attached hydrogens (primary N) is 1. The zero-order valence-electron chi connectivity index (χ0n) is 16.3. The summed E-state index contributed by atoms with van der Waals surface area (Å²) in [5.74, 6) is -0.384. The number of benzene rings is 1. The lowest BCUT2D eigenvalue weighted by Gasteiger charge is -2.28. The summed E-state index contributed by atoms with van der Waals surface area (Å²) in [5, 5.41) is 7.89. The monoisotopic (exact) mass is 403 g/mol. The molecule has 0 aliphatic carbocycles. The van der Waals surface area contributed by atoms with Crippen LogP contribution in [0.1, 0.15) is 52.4 Å². The van der Waals surface area contributed by atoms with Crippen molar-refractivity contribution in [2.24, 2.45) is 0 Å². The van der Waals surface area contributed by atoms with Crippen LogP contribution in [0.5, 0.6) is 0 Å². The van der Waals surface area contributed by atoms with Gasteiger partial charge in [-0.3, -0.25) is 4.79 Å². The van der Waals surface area contributed by atoms with Crippen molar-refractivity contribution in [1.29, 1.82) is 0 Å². The standard InChI is InChI=1S/C19H25N5O3S/c1-11-5-4-6-13-14(7-8-21-16(11)13)19(25)24-18(20)15-10-23(28(3,26)27)9-12(2)17(15)22-24/h4-6,12,14,21H,7-10,20H2,1-3H3. The third-order valence-electron chi connectivity index (χ3n) is 5.72. The van der Waals surface area contributed by atoms with Gasteiger partial charge in [-0.05, 0) is 24.5 Å². The topological polar surface area (TPSA) is 110 Å². The fourth-order valence-corrected chi connectivity index (χ4v) is 5.07. The number of nitrogen functional groups attached to an aromatic ring is 1. The van der Waals surface area contributed by atoms with Gasteiger partial charge in [0.05, 0.1) is 17.9 Å². The third-order valence-corrected chi connectivity index (χ3v) is 6.94. The summed E-state index contributed by atoms with van der Waals surface area (Å²) < 4.78 is 26.7. The molecule has 0 bridgehead atoms. The first-order valence-corrected chi connectivity index (χ1v) is 11.2. The van der Waals surface area contributed by atoms with E-state index in [-0.39, 0.29) is 30.1 Å². The number of nitrogens with one attached hydrogen (secondary N) is 1. The number of hydrogen-bond donors (Lipinski definition) is 2. The minimum absolute atomic E-state index is 0.127. The number of nitrogens with zero attached hydrogens (tertiary/aromatic N) is 3. The first kappa shape index (κ1) is 18.9. The van der Waals surface area contributed by atoms with Crippen molar-refractivity contribution in [2.45, 2.75) is 38.6 Å². The zero-order valence-corrected chi connectivity index (χ0v) is 17.1. The molecule has 3 N–H and O–H groups in total. The van der Waals surface area contributed by atoms with Crippen LogP contribution in [0.4, 0.5) is 11.5 Å². The Hall–Kier alpha value is -2.39. The Bertz CT molecular complexity index is 1060. The molecule has 2 atom stereocenters. The number of sulfonamides is 1. The van der Waals surface area contributed by atoms with Crippen LogP contribution >= 0.6 is 0 Å². The Morgan fingerprint density at radius 2 is 2.11 bits per heavy atom. The van der Waals surface area contributed by atoms with Crippen molar-refractivity contribution >= 4 is 27.4 Å². The summed E-state index contributed by atoms with van der Waals surface area (Å²) in [4.78, 5) is 13.4. The molecule has 0 saturated carbocycles. The Balaban J connectivity index is 1.73. The predicted octanol–water partition coefficient (Wildman–Crippen LogP) is 1.89. The molecule has 0 spiro atoms. The first-order chi connectivity index (χ1) is 13.2. The summed E-state index contributed by atoms with van der Waals surface area (Å²) >= 11 is 0. The molecule has 2 aliphatic rings. The molecule has 28 heavy (non-hydrogen) atoms. The summed E-state index contributed by atoms with van der Waals surface area (Å²) in [6.07, 6.45) is 1.84. The Morgan fingerprint density at radius 1 is 1.36 bits per heavy atom. The molecule has 9 heteroatoms. The number of aromatic nitrogens is 2. The highest BCUT2D eigenvalue weighted by atomic mass is 32.2. The van der Waals surface area contributed by atoms with Crippen LogP contribution in [0, 0.1) is 6.92 Å². The summed E-state index contributed by atoms with van der Waals surface area (Å²) in [6.45, 7) is 5.11. The van der Waals surface area contributed by atoms with Crippen LogP contribution in [-0.2, 0) is 16.6 Å². The average molecular weight is 404 g/mol. The molecule has 3 heterocycles.